The largest absolute Gasteiger partial charge is 0.416 e. The zero-order valence-corrected chi connectivity index (χ0v) is 7.91. The normalized spacial score (nSPS) is 12.6. The van der Waals surface area contributed by atoms with Crippen LogP contribution in [-0.2, 0) is 12.4 Å². The number of halogens is 6. The van der Waals surface area contributed by atoms with E-state index in [1.165, 1.54) is 0 Å². The summed E-state index contributed by atoms with van der Waals surface area (Å²) in [5.41, 5.74) is 2.38. The molecule has 0 unspecified atom stereocenters. The third-order valence-corrected chi connectivity index (χ3v) is 1.85. The molecular formula is C9H4F6NO. The van der Waals surface area contributed by atoms with Crippen LogP contribution < -0.4 is 5.73 Å². The summed E-state index contributed by atoms with van der Waals surface area (Å²) >= 11 is 0. The molecule has 0 saturated heterocycles. The lowest BCUT2D eigenvalue weighted by atomic mass is 10.0. The Morgan fingerprint density at radius 1 is 0.882 bits per heavy atom. The third kappa shape index (κ3) is 3.11. The molecule has 1 amide bonds. The van der Waals surface area contributed by atoms with Crippen LogP contribution in [0.2, 0.25) is 0 Å². The number of hydrogen-bond donors (Lipinski definition) is 0. The second-order valence-electron chi connectivity index (χ2n) is 3.12. The van der Waals surface area contributed by atoms with Crippen molar-refractivity contribution in [2.45, 2.75) is 12.4 Å². The standard InChI is InChI=1S/C9H4F6NO/c10-8(11,12)5-1-4(7(16)17)2-6(3-5)9(13,14)15/h1-3,16H. The summed E-state index contributed by atoms with van der Waals surface area (Å²) in [5, 5.41) is 0. The molecule has 0 aliphatic rings. The van der Waals surface area contributed by atoms with E-state index >= 15 is 0 Å². The fourth-order valence-corrected chi connectivity index (χ4v) is 1.09. The highest BCUT2D eigenvalue weighted by molar-refractivity contribution is 5.92. The molecule has 0 aliphatic heterocycles. The Kier molecular flexibility index (Phi) is 3.09. The van der Waals surface area contributed by atoms with Gasteiger partial charge in [-0.25, -0.2) is 0 Å². The van der Waals surface area contributed by atoms with Crippen molar-refractivity contribution in [3.8, 4) is 0 Å². The number of carbonyl (C=O) groups excluding carboxylic acids is 1. The van der Waals surface area contributed by atoms with Crippen molar-refractivity contribution in [3.63, 3.8) is 0 Å². The van der Waals surface area contributed by atoms with Crippen molar-refractivity contribution in [2.75, 3.05) is 0 Å². The van der Waals surface area contributed by atoms with Gasteiger partial charge in [0.05, 0.1) is 11.1 Å². The summed E-state index contributed by atoms with van der Waals surface area (Å²) in [6, 6.07) is 0.321. The smallest absolute Gasteiger partial charge is 0.267 e. The van der Waals surface area contributed by atoms with Gasteiger partial charge in [-0.05, 0) is 18.2 Å². The molecular weight excluding hydrogens is 252 g/mol. The highest BCUT2D eigenvalue weighted by Crippen LogP contribution is 2.36. The third-order valence-electron chi connectivity index (χ3n) is 1.85. The average Bonchev–Trinajstić information content (AvgIpc) is 2.14. The van der Waals surface area contributed by atoms with E-state index in [2.05, 4.69) is 0 Å². The zero-order valence-electron chi connectivity index (χ0n) is 7.91. The Morgan fingerprint density at radius 2 is 1.24 bits per heavy atom. The number of carbonyl (C=O) groups is 1. The van der Waals surface area contributed by atoms with Crippen molar-refractivity contribution < 1.29 is 31.1 Å². The minimum absolute atomic E-state index is 0.105. The summed E-state index contributed by atoms with van der Waals surface area (Å²) in [7, 11) is 0. The van der Waals surface area contributed by atoms with Crippen molar-refractivity contribution in [1.82, 2.24) is 5.73 Å². The molecule has 0 heterocycles. The van der Waals surface area contributed by atoms with Crippen molar-refractivity contribution in [1.29, 1.82) is 0 Å². The number of amides is 1. The molecule has 0 saturated carbocycles. The maximum atomic E-state index is 12.3. The summed E-state index contributed by atoms with van der Waals surface area (Å²) in [6.45, 7) is 0. The number of nitrogens with one attached hydrogen (secondary N) is 1. The van der Waals surface area contributed by atoms with E-state index < -0.39 is 35.0 Å². The molecule has 2 nitrogen and oxygen atoms in total. The highest BCUT2D eigenvalue weighted by Gasteiger charge is 2.37. The first-order chi connectivity index (χ1) is 7.51. The molecule has 1 aromatic carbocycles. The van der Waals surface area contributed by atoms with Crippen molar-refractivity contribution in [3.05, 3.63) is 34.9 Å². The molecule has 0 fully saturated rings. The topological polar surface area (TPSA) is 40.9 Å². The molecule has 0 spiro atoms. The first kappa shape index (κ1) is 13.3. The van der Waals surface area contributed by atoms with Gasteiger partial charge in [0.25, 0.3) is 5.91 Å². The van der Waals surface area contributed by atoms with Crippen LogP contribution in [0.5, 0.6) is 0 Å². The number of benzene rings is 1. The summed E-state index contributed by atoms with van der Waals surface area (Å²) < 4.78 is 73.6. The summed E-state index contributed by atoms with van der Waals surface area (Å²) in [5.74, 6) is -1.61. The molecule has 1 aromatic rings. The van der Waals surface area contributed by atoms with Crippen LogP contribution in [0.1, 0.15) is 21.5 Å². The van der Waals surface area contributed by atoms with E-state index in [-0.39, 0.29) is 18.2 Å². The van der Waals surface area contributed by atoms with Gasteiger partial charge in [0.15, 0.2) is 0 Å². The lowest BCUT2D eigenvalue weighted by molar-refractivity contribution is -0.143. The molecule has 93 valence electrons. The Balaban J connectivity index is 3.45. The quantitative estimate of drug-likeness (QED) is 0.711. The van der Waals surface area contributed by atoms with Gasteiger partial charge in [-0.15, -0.1) is 0 Å². The van der Waals surface area contributed by atoms with Gasteiger partial charge in [-0.3, -0.25) is 10.5 Å². The molecule has 8 heteroatoms. The van der Waals surface area contributed by atoms with E-state index in [0.717, 1.165) is 0 Å². The average molecular weight is 256 g/mol. The molecule has 17 heavy (non-hydrogen) atoms. The first-order valence-electron chi connectivity index (χ1n) is 4.07. The lowest BCUT2D eigenvalue weighted by Crippen LogP contribution is -2.13. The van der Waals surface area contributed by atoms with Crippen LogP contribution in [0.3, 0.4) is 0 Å². The zero-order chi connectivity index (χ0) is 13.4. The molecule has 1 rings (SSSR count). The van der Waals surface area contributed by atoms with Crippen molar-refractivity contribution >= 4 is 5.91 Å². The predicted octanol–water partition coefficient (Wildman–Crippen LogP) is 3.15. The Labute approximate surface area is 91.0 Å². The van der Waals surface area contributed by atoms with Crippen LogP contribution >= 0.6 is 0 Å². The maximum Gasteiger partial charge on any atom is 0.416 e. The van der Waals surface area contributed by atoms with Gasteiger partial charge in [0.2, 0.25) is 0 Å². The predicted molar refractivity (Wildman–Crippen MR) is 43.9 cm³/mol. The summed E-state index contributed by atoms with van der Waals surface area (Å²) in [4.78, 5) is 10.5. The van der Waals surface area contributed by atoms with Crippen molar-refractivity contribution in [2.24, 2.45) is 0 Å². The Hall–Kier alpha value is -1.73. The van der Waals surface area contributed by atoms with Crippen LogP contribution in [0.15, 0.2) is 18.2 Å². The van der Waals surface area contributed by atoms with E-state index in [4.69, 9.17) is 5.73 Å². The van der Waals surface area contributed by atoms with E-state index in [1.54, 1.807) is 0 Å². The van der Waals surface area contributed by atoms with Gasteiger partial charge in [0.1, 0.15) is 0 Å². The Morgan fingerprint density at radius 3 is 1.47 bits per heavy atom. The minimum atomic E-state index is -5.01. The molecule has 1 N–H and O–H groups in total. The second kappa shape index (κ2) is 3.94. The van der Waals surface area contributed by atoms with Crippen LogP contribution in [0.4, 0.5) is 26.3 Å². The van der Waals surface area contributed by atoms with Gasteiger partial charge in [-0.2, -0.15) is 26.3 Å². The molecule has 1 radical (unpaired) electrons. The maximum absolute atomic E-state index is 12.3. The fourth-order valence-electron chi connectivity index (χ4n) is 1.09. The van der Waals surface area contributed by atoms with Gasteiger partial charge >= 0.3 is 12.4 Å². The fraction of sp³-hybridized carbons (Fsp3) is 0.222. The van der Waals surface area contributed by atoms with E-state index in [0.29, 0.717) is 0 Å². The van der Waals surface area contributed by atoms with Crippen LogP contribution in [0, 0.1) is 0 Å². The molecule has 0 bridgehead atoms. The number of alkyl halides is 6. The van der Waals surface area contributed by atoms with E-state index in [9.17, 15) is 31.1 Å². The number of hydrogen-bond acceptors (Lipinski definition) is 1. The summed E-state index contributed by atoms with van der Waals surface area (Å²) in [6.07, 6.45) is -10.0. The molecule has 0 atom stereocenters. The second-order valence-corrected chi connectivity index (χ2v) is 3.12. The molecule has 0 aliphatic carbocycles. The van der Waals surface area contributed by atoms with Gasteiger partial charge < -0.3 is 0 Å². The van der Waals surface area contributed by atoms with Gasteiger partial charge in [-0.1, -0.05) is 0 Å². The van der Waals surface area contributed by atoms with E-state index in [1.807, 2.05) is 0 Å². The van der Waals surface area contributed by atoms with Gasteiger partial charge in [0, 0.05) is 5.56 Å². The number of rotatable bonds is 1. The SMILES string of the molecule is [NH]C(=O)c1cc(C(F)(F)F)cc(C(F)(F)F)c1. The minimum Gasteiger partial charge on any atom is -0.267 e. The molecule has 0 aromatic heterocycles. The van der Waals surface area contributed by atoms with Crippen LogP contribution in [0.25, 0.3) is 0 Å². The highest BCUT2D eigenvalue weighted by atomic mass is 19.4. The monoisotopic (exact) mass is 256 g/mol. The first-order valence-corrected chi connectivity index (χ1v) is 4.07. The lowest BCUT2D eigenvalue weighted by Gasteiger charge is -2.12. The van der Waals surface area contributed by atoms with Crippen LogP contribution in [-0.4, -0.2) is 5.91 Å². The Bertz CT molecular complexity index is 416.